The third-order valence-electron chi connectivity index (χ3n) is 3.65. The van der Waals surface area contributed by atoms with Gasteiger partial charge in [0, 0.05) is 17.3 Å². The lowest BCUT2D eigenvalue weighted by Crippen LogP contribution is -2.45. The number of nitrogens with zero attached hydrogens (tertiary/aromatic N) is 1. The molecule has 4 nitrogen and oxygen atoms in total. The van der Waals surface area contributed by atoms with Gasteiger partial charge in [0.2, 0.25) is 0 Å². The molecule has 26 heavy (non-hydrogen) atoms. The van der Waals surface area contributed by atoms with Crippen LogP contribution < -0.4 is 0 Å². The molecule has 0 unspecified atom stereocenters. The Morgan fingerprint density at radius 2 is 1.96 bits per heavy atom. The van der Waals surface area contributed by atoms with Gasteiger partial charge >= 0.3 is 6.09 Å². The summed E-state index contributed by atoms with van der Waals surface area (Å²) in [7, 11) is 0. The van der Waals surface area contributed by atoms with Gasteiger partial charge in [0.05, 0.1) is 12.3 Å². The molecule has 0 atom stereocenters. The number of hydrogen-bond donors (Lipinski definition) is 0. The van der Waals surface area contributed by atoms with Crippen molar-refractivity contribution in [3.8, 4) is 0 Å². The predicted octanol–water partition coefficient (Wildman–Crippen LogP) is 5.50. The molecule has 0 spiro atoms. The third-order valence-corrected chi connectivity index (χ3v) is 5.82. The van der Waals surface area contributed by atoms with Gasteiger partial charge in [0.15, 0.2) is 0 Å². The van der Waals surface area contributed by atoms with Gasteiger partial charge in [0.1, 0.15) is 11.3 Å². The molecule has 2 rings (SSSR count). The molecule has 0 aliphatic carbocycles. The van der Waals surface area contributed by atoms with Crippen LogP contribution in [0.5, 0.6) is 0 Å². The van der Waals surface area contributed by atoms with E-state index >= 15 is 0 Å². The number of rotatable bonds is 6. The Kier molecular flexibility index (Phi) is 7.50. The Hall–Kier alpha value is -1.11. The predicted molar refractivity (Wildman–Crippen MR) is 111 cm³/mol. The summed E-state index contributed by atoms with van der Waals surface area (Å²) in [4.78, 5) is 14.2. The van der Waals surface area contributed by atoms with Crippen LogP contribution in [0.15, 0.2) is 41.4 Å². The molecular weight excluding hydrogens is 366 g/mol. The van der Waals surface area contributed by atoms with Crippen LogP contribution in [-0.2, 0) is 15.2 Å². The van der Waals surface area contributed by atoms with Crippen LogP contribution in [0.25, 0.3) is 0 Å². The van der Waals surface area contributed by atoms with Crippen molar-refractivity contribution in [1.29, 1.82) is 0 Å². The van der Waals surface area contributed by atoms with Gasteiger partial charge in [0.25, 0.3) is 0 Å². The lowest BCUT2D eigenvalue weighted by atomic mass is 10.2. The molecule has 6 heteroatoms. The van der Waals surface area contributed by atoms with Crippen molar-refractivity contribution in [2.24, 2.45) is 0 Å². The molecule has 1 aliphatic rings. The molecule has 144 valence electrons. The number of amides is 1. The highest BCUT2D eigenvalue weighted by atomic mass is 32.2. The fourth-order valence-electron chi connectivity index (χ4n) is 2.48. The van der Waals surface area contributed by atoms with E-state index in [4.69, 9.17) is 9.47 Å². The average Bonchev–Trinajstić information content (AvgIpc) is 2.85. The fraction of sp³-hybridized carbons (Fsp3) is 0.550. The number of carbonyl (C=O) groups is 1. The van der Waals surface area contributed by atoms with Crippen LogP contribution in [0.2, 0.25) is 0 Å². The molecule has 1 heterocycles. The van der Waals surface area contributed by atoms with Gasteiger partial charge in [-0.3, -0.25) is 0 Å². The highest BCUT2D eigenvalue weighted by molar-refractivity contribution is 8.04. The van der Waals surface area contributed by atoms with Gasteiger partial charge in [-0.25, -0.2) is 9.69 Å². The first-order chi connectivity index (χ1) is 12.2. The molecule has 1 amide bonds. The number of thioether (sulfide) groups is 2. The van der Waals surface area contributed by atoms with Crippen molar-refractivity contribution in [1.82, 2.24) is 4.90 Å². The van der Waals surface area contributed by atoms with E-state index in [2.05, 4.69) is 24.3 Å². The Bertz CT molecular complexity index is 624. The highest BCUT2D eigenvalue weighted by Gasteiger charge is 2.42. The van der Waals surface area contributed by atoms with Crippen LogP contribution in [0.1, 0.15) is 40.2 Å². The van der Waals surface area contributed by atoms with E-state index in [0.29, 0.717) is 6.61 Å². The molecule has 0 saturated carbocycles. The van der Waals surface area contributed by atoms with Crippen LogP contribution >= 0.6 is 23.5 Å². The molecule has 0 bridgehead atoms. The maximum absolute atomic E-state index is 12.5. The monoisotopic (exact) mass is 395 g/mol. The van der Waals surface area contributed by atoms with Crippen molar-refractivity contribution < 1.29 is 14.3 Å². The smallest absolute Gasteiger partial charge is 0.416 e. The maximum Gasteiger partial charge on any atom is 0.416 e. The van der Waals surface area contributed by atoms with Crippen LogP contribution in [0.4, 0.5) is 4.79 Å². The minimum atomic E-state index is -0.684. The zero-order chi connectivity index (χ0) is 19.2. The standard InChI is InChI=1S/C20H29NO3S2/c1-19(2,3)24-18(22)21-17(13-23-20(21,4)5)15-26-12-11-25-14-16-9-7-6-8-10-16/h6-10,15H,11-14H2,1-5H3/b17-15+. The first-order valence-corrected chi connectivity index (χ1v) is 11.0. The van der Waals surface area contributed by atoms with E-state index < -0.39 is 11.3 Å². The van der Waals surface area contributed by atoms with E-state index in [-0.39, 0.29) is 6.09 Å². The second-order valence-corrected chi connectivity index (χ2v) is 9.65. The Balaban J connectivity index is 1.82. The normalized spacial score (nSPS) is 18.3. The van der Waals surface area contributed by atoms with Gasteiger partial charge in [-0.05, 0) is 45.6 Å². The van der Waals surface area contributed by atoms with Crippen molar-refractivity contribution in [2.75, 3.05) is 18.1 Å². The van der Waals surface area contributed by atoms with E-state index in [1.54, 1.807) is 16.7 Å². The zero-order valence-electron chi connectivity index (χ0n) is 16.3. The van der Waals surface area contributed by atoms with Gasteiger partial charge in [-0.2, -0.15) is 11.8 Å². The van der Waals surface area contributed by atoms with Gasteiger partial charge < -0.3 is 9.47 Å². The SMILES string of the molecule is CC(C)(C)OC(=O)N1/C(=C/SCCSCc2ccccc2)COC1(C)C. The molecule has 1 fully saturated rings. The first-order valence-electron chi connectivity index (χ1n) is 8.78. The molecule has 0 radical (unpaired) electrons. The number of benzene rings is 1. The molecule has 0 aromatic heterocycles. The summed E-state index contributed by atoms with van der Waals surface area (Å²) in [6.45, 7) is 9.82. The second-order valence-electron chi connectivity index (χ2n) is 7.57. The summed E-state index contributed by atoms with van der Waals surface area (Å²) >= 11 is 3.63. The Morgan fingerprint density at radius 3 is 2.62 bits per heavy atom. The summed E-state index contributed by atoms with van der Waals surface area (Å²) in [6, 6.07) is 10.5. The van der Waals surface area contributed by atoms with Crippen molar-refractivity contribution in [3.63, 3.8) is 0 Å². The summed E-state index contributed by atoms with van der Waals surface area (Å²) < 4.78 is 11.3. The van der Waals surface area contributed by atoms with E-state index in [1.807, 2.05) is 57.9 Å². The number of carbonyl (C=O) groups excluding carboxylic acids is 1. The van der Waals surface area contributed by atoms with Crippen molar-refractivity contribution in [3.05, 3.63) is 47.0 Å². The fourth-order valence-corrected chi connectivity index (χ4v) is 4.40. The van der Waals surface area contributed by atoms with E-state index in [9.17, 15) is 4.79 Å². The molecular formula is C20H29NO3S2. The second kappa shape index (κ2) is 9.20. The number of ether oxygens (including phenoxy) is 2. The lowest BCUT2D eigenvalue weighted by Gasteiger charge is -2.32. The van der Waals surface area contributed by atoms with E-state index in [0.717, 1.165) is 23.0 Å². The quantitative estimate of drug-likeness (QED) is 0.595. The maximum atomic E-state index is 12.5. The van der Waals surface area contributed by atoms with Gasteiger partial charge in [-0.15, -0.1) is 11.8 Å². The average molecular weight is 396 g/mol. The molecule has 1 saturated heterocycles. The van der Waals surface area contributed by atoms with Crippen LogP contribution in [0, 0.1) is 0 Å². The minimum Gasteiger partial charge on any atom is -0.443 e. The summed E-state index contributed by atoms with van der Waals surface area (Å²) in [6.07, 6.45) is -0.356. The third kappa shape index (κ3) is 6.56. The Morgan fingerprint density at radius 1 is 1.27 bits per heavy atom. The summed E-state index contributed by atoms with van der Waals surface area (Å²) in [5.41, 5.74) is 1.00. The van der Waals surface area contributed by atoms with Crippen molar-refractivity contribution >= 4 is 29.6 Å². The summed E-state index contributed by atoms with van der Waals surface area (Å²) in [5, 5.41) is 2.03. The van der Waals surface area contributed by atoms with E-state index in [1.165, 1.54) is 5.56 Å². The molecule has 1 aromatic carbocycles. The molecule has 0 N–H and O–H groups in total. The van der Waals surface area contributed by atoms with Crippen molar-refractivity contribution in [2.45, 2.75) is 51.7 Å². The highest BCUT2D eigenvalue weighted by Crippen LogP contribution is 2.33. The topological polar surface area (TPSA) is 38.8 Å². The van der Waals surface area contributed by atoms with Crippen LogP contribution in [-0.4, -0.2) is 40.4 Å². The molecule has 1 aromatic rings. The van der Waals surface area contributed by atoms with Crippen LogP contribution in [0.3, 0.4) is 0 Å². The largest absolute Gasteiger partial charge is 0.443 e. The minimum absolute atomic E-state index is 0.356. The summed E-state index contributed by atoms with van der Waals surface area (Å²) in [5.74, 6) is 3.07. The zero-order valence-corrected chi connectivity index (χ0v) is 17.9. The van der Waals surface area contributed by atoms with Gasteiger partial charge in [-0.1, -0.05) is 30.3 Å². The number of hydrogen-bond acceptors (Lipinski definition) is 5. The lowest BCUT2D eigenvalue weighted by molar-refractivity contribution is -0.0567. The molecule has 1 aliphatic heterocycles. The first kappa shape index (κ1) is 21.2. The Labute approximate surface area is 165 Å².